The van der Waals surface area contributed by atoms with E-state index in [2.05, 4.69) is 10.1 Å². The lowest BCUT2D eigenvalue weighted by atomic mass is 10.2. The Hall–Kier alpha value is -1.17. The van der Waals surface area contributed by atoms with Crippen LogP contribution in [0.25, 0.3) is 5.65 Å². The first-order valence-electron chi connectivity index (χ1n) is 5.72. The lowest BCUT2D eigenvalue weighted by Crippen LogP contribution is -2.15. The van der Waals surface area contributed by atoms with Crippen LogP contribution < -0.4 is 0 Å². The molecule has 2 heterocycles. The van der Waals surface area contributed by atoms with Crippen molar-refractivity contribution in [1.29, 1.82) is 0 Å². The van der Waals surface area contributed by atoms with Crippen LogP contribution in [0.5, 0.6) is 0 Å². The van der Waals surface area contributed by atoms with Gasteiger partial charge in [-0.3, -0.25) is 0 Å². The summed E-state index contributed by atoms with van der Waals surface area (Å²) in [6, 6.07) is 1.72. The van der Waals surface area contributed by atoms with Crippen molar-refractivity contribution in [2.24, 2.45) is 0 Å². The largest absolute Gasteiger partial charge is 0.379 e. The summed E-state index contributed by atoms with van der Waals surface area (Å²) in [6.07, 6.45) is 1.87. The molecule has 2 rings (SSSR count). The number of halogens is 1. The van der Waals surface area contributed by atoms with E-state index in [1.54, 1.807) is 23.9 Å². The van der Waals surface area contributed by atoms with Gasteiger partial charge in [-0.25, -0.2) is 9.50 Å². The average Bonchev–Trinajstić information content (AvgIpc) is 2.72. The second kappa shape index (κ2) is 5.65. The van der Waals surface area contributed by atoms with E-state index < -0.39 is 0 Å². The molecule has 0 saturated carbocycles. The molecule has 0 bridgehead atoms. The average molecular weight is 270 g/mol. The first-order chi connectivity index (χ1) is 8.61. The Morgan fingerprint density at radius 1 is 1.50 bits per heavy atom. The van der Waals surface area contributed by atoms with Gasteiger partial charge in [0.25, 0.3) is 0 Å². The molecule has 0 aliphatic rings. The van der Waals surface area contributed by atoms with E-state index in [4.69, 9.17) is 21.1 Å². The van der Waals surface area contributed by atoms with Crippen LogP contribution in [0.15, 0.2) is 12.3 Å². The van der Waals surface area contributed by atoms with Gasteiger partial charge >= 0.3 is 0 Å². The van der Waals surface area contributed by atoms with E-state index in [1.165, 1.54) is 0 Å². The summed E-state index contributed by atoms with van der Waals surface area (Å²) >= 11 is 5.88. The zero-order valence-electron chi connectivity index (χ0n) is 10.7. The molecular weight excluding hydrogens is 254 g/mol. The van der Waals surface area contributed by atoms with Gasteiger partial charge in [0.05, 0.1) is 25.0 Å². The van der Waals surface area contributed by atoms with Crippen molar-refractivity contribution in [3.8, 4) is 0 Å². The minimum atomic E-state index is 0.0730. The molecule has 0 aliphatic heterocycles. The summed E-state index contributed by atoms with van der Waals surface area (Å²) < 4.78 is 12.5. The lowest BCUT2D eigenvalue weighted by molar-refractivity contribution is 0.0101. The zero-order valence-corrected chi connectivity index (χ0v) is 11.4. The van der Waals surface area contributed by atoms with Crippen molar-refractivity contribution in [3.63, 3.8) is 0 Å². The Morgan fingerprint density at radius 3 is 3.00 bits per heavy atom. The standard InChI is InChI=1S/C12H16ClN3O2/c1-8-5-14-12-4-11(13)15-16(12)10(8)7-18-6-9(2)17-3/h4-5,9H,6-7H2,1-3H3/t9-/m1/s1. The Balaban J connectivity index is 2.18. The van der Waals surface area contributed by atoms with Gasteiger partial charge < -0.3 is 9.47 Å². The Kier molecular flexibility index (Phi) is 4.16. The van der Waals surface area contributed by atoms with Gasteiger partial charge in [-0.05, 0) is 19.4 Å². The van der Waals surface area contributed by atoms with Crippen LogP contribution in [0.2, 0.25) is 5.15 Å². The van der Waals surface area contributed by atoms with Crippen LogP contribution in [0, 0.1) is 6.92 Å². The molecule has 2 aromatic heterocycles. The fourth-order valence-electron chi connectivity index (χ4n) is 1.60. The van der Waals surface area contributed by atoms with Crippen molar-refractivity contribution < 1.29 is 9.47 Å². The highest BCUT2D eigenvalue weighted by Crippen LogP contribution is 2.15. The molecule has 0 spiro atoms. The van der Waals surface area contributed by atoms with Gasteiger partial charge in [0.1, 0.15) is 0 Å². The third-order valence-electron chi connectivity index (χ3n) is 2.76. The highest BCUT2D eigenvalue weighted by Gasteiger charge is 2.09. The number of hydrogen-bond acceptors (Lipinski definition) is 4. The maximum absolute atomic E-state index is 5.88. The van der Waals surface area contributed by atoms with Crippen molar-refractivity contribution in [2.45, 2.75) is 26.6 Å². The minimum absolute atomic E-state index is 0.0730. The summed E-state index contributed by atoms with van der Waals surface area (Å²) in [5.41, 5.74) is 2.70. The number of aromatic nitrogens is 3. The van der Waals surface area contributed by atoms with Gasteiger partial charge in [0, 0.05) is 19.4 Å². The van der Waals surface area contributed by atoms with Crippen molar-refractivity contribution >= 4 is 17.2 Å². The normalized spacial score (nSPS) is 13.1. The minimum Gasteiger partial charge on any atom is -0.379 e. The fourth-order valence-corrected chi connectivity index (χ4v) is 1.78. The Labute approximate surface area is 111 Å². The van der Waals surface area contributed by atoms with Crippen LogP contribution >= 0.6 is 11.6 Å². The fraction of sp³-hybridized carbons (Fsp3) is 0.500. The van der Waals surface area contributed by atoms with Crippen molar-refractivity contribution in [2.75, 3.05) is 13.7 Å². The molecule has 0 saturated heterocycles. The molecule has 0 radical (unpaired) electrons. The molecule has 2 aromatic rings. The van der Waals surface area contributed by atoms with E-state index in [0.717, 1.165) is 16.9 Å². The zero-order chi connectivity index (χ0) is 13.1. The molecule has 0 N–H and O–H groups in total. The van der Waals surface area contributed by atoms with E-state index in [0.29, 0.717) is 18.4 Å². The molecule has 6 heteroatoms. The molecule has 5 nitrogen and oxygen atoms in total. The molecule has 0 aliphatic carbocycles. The van der Waals surface area contributed by atoms with E-state index in [9.17, 15) is 0 Å². The maximum Gasteiger partial charge on any atom is 0.156 e. The van der Waals surface area contributed by atoms with Crippen LogP contribution in [0.3, 0.4) is 0 Å². The quantitative estimate of drug-likeness (QED) is 0.835. The molecule has 18 heavy (non-hydrogen) atoms. The van der Waals surface area contributed by atoms with Crippen LogP contribution in [-0.2, 0) is 16.1 Å². The van der Waals surface area contributed by atoms with Crippen LogP contribution in [0.1, 0.15) is 18.2 Å². The van der Waals surface area contributed by atoms with Crippen molar-refractivity contribution in [1.82, 2.24) is 14.6 Å². The summed E-state index contributed by atoms with van der Waals surface area (Å²) in [5.74, 6) is 0. The third kappa shape index (κ3) is 2.80. The predicted octanol–water partition coefficient (Wildman–Crippen LogP) is 2.24. The van der Waals surface area contributed by atoms with Crippen LogP contribution in [0.4, 0.5) is 0 Å². The smallest absolute Gasteiger partial charge is 0.156 e. The van der Waals surface area contributed by atoms with E-state index in [1.807, 2.05) is 13.8 Å². The highest BCUT2D eigenvalue weighted by atomic mass is 35.5. The van der Waals surface area contributed by atoms with Crippen molar-refractivity contribution in [3.05, 3.63) is 28.7 Å². The number of fused-ring (bicyclic) bond motifs is 1. The molecule has 0 amide bonds. The predicted molar refractivity (Wildman–Crippen MR) is 68.9 cm³/mol. The van der Waals surface area contributed by atoms with Gasteiger partial charge in [0.15, 0.2) is 10.8 Å². The van der Waals surface area contributed by atoms with Gasteiger partial charge in [-0.1, -0.05) is 11.6 Å². The SMILES string of the molecule is CO[C@H](C)COCc1c(C)cnc2cc(Cl)nn12. The summed E-state index contributed by atoms with van der Waals surface area (Å²) in [4.78, 5) is 4.26. The Morgan fingerprint density at radius 2 is 2.28 bits per heavy atom. The van der Waals surface area contributed by atoms with E-state index >= 15 is 0 Å². The first kappa shape index (κ1) is 13.3. The number of hydrogen-bond donors (Lipinski definition) is 0. The maximum atomic E-state index is 5.88. The van der Waals surface area contributed by atoms with E-state index in [-0.39, 0.29) is 6.10 Å². The molecule has 98 valence electrons. The number of methoxy groups -OCH3 is 1. The molecule has 0 aromatic carbocycles. The Bertz CT molecular complexity index is 541. The first-order valence-corrected chi connectivity index (χ1v) is 6.10. The second-order valence-electron chi connectivity index (χ2n) is 4.19. The number of aryl methyl sites for hydroxylation is 1. The summed E-state index contributed by atoms with van der Waals surface area (Å²) in [6.45, 7) is 4.92. The topological polar surface area (TPSA) is 48.7 Å². The second-order valence-corrected chi connectivity index (χ2v) is 4.57. The molecule has 0 unspecified atom stereocenters. The lowest BCUT2D eigenvalue weighted by Gasteiger charge is -2.12. The highest BCUT2D eigenvalue weighted by molar-refractivity contribution is 6.29. The summed E-state index contributed by atoms with van der Waals surface area (Å²) in [5, 5.41) is 4.63. The summed E-state index contributed by atoms with van der Waals surface area (Å²) in [7, 11) is 1.66. The third-order valence-corrected chi connectivity index (χ3v) is 2.94. The van der Waals surface area contributed by atoms with Gasteiger partial charge in [-0.2, -0.15) is 5.10 Å². The van der Waals surface area contributed by atoms with Crippen LogP contribution in [-0.4, -0.2) is 34.4 Å². The number of nitrogens with zero attached hydrogens (tertiary/aromatic N) is 3. The molecular formula is C12H16ClN3O2. The molecule has 1 atom stereocenters. The number of rotatable bonds is 5. The van der Waals surface area contributed by atoms with Gasteiger partial charge in [-0.15, -0.1) is 0 Å². The number of ether oxygens (including phenoxy) is 2. The van der Waals surface area contributed by atoms with Gasteiger partial charge in [0.2, 0.25) is 0 Å². The monoisotopic (exact) mass is 269 g/mol. The molecule has 0 fully saturated rings.